The minimum atomic E-state index is 0. The van der Waals surface area contributed by atoms with Crippen LogP contribution in [0.1, 0.15) is 175 Å². The highest BCUT2D eigenvalue weighted by atomic mass is 35.5. The predicted molar refractivity (Wildman–Crippen MR) is 156 cm³/mol. The Hall–Kier alpha value is -0.280. The van der Waals surface area contributed by atoms with E-state index in [1.165, 1.54) is 135 Å². The molecule has 0 saturated heterocycles. The van der Waals surface area contributed by atoms with Crippen LogP contribution in [0.25, 0.3) is 0 Å². The van der Waals surface area contributed by atoms with Crippen LogP contribution in [0.4, 0.5) is 0 Å². The van der Waals surface area contributed by atoms with Gasteiger partial charge in [-0.25, -0.2) is 0 Å². The molecule has 0 radical (unpaired) electrons. The number of halogens is 1. The number of hydrogen-bond donors (Lipinski definition) is 1. The Morgan fingerprint density at radius 2 is 0.917 bits per heavy atom. The number of esters is 1. The number of quaternary nitrogens is 1. The molecule has 0 fully saturated rings. The molecule has 0 aromatic carbocycles. The maximum absolute atomic E-state index is 11.8. The van der Waals surface area contributed by atoms with Crippen LogP contribution in [0.3, 0.4) is 0 Å². The summed E-state index contributed by atoms with van der Waals surface area (Å²) in [6, 6.07) is 0. The highest BCUT2D eigenvalue weighted by molar-refractivity contribution is 5.69. The van der Waals surface area contributed by atoms with E-state index >= 15 is 0 Å². The van der Waals surface area contributed by atoms with Crippen molar-refractivity contribution in [3.8, 4) is 0 Å². The summed E-state index contributed by atoms with van der Waals surface area (Å²) in [6.45, 7) is 7.55. The third kappa shape index (κ3) is 40.9. The Labute approximate surface area is 234 Å². The van der Waals surface area contributed by atoms with Crippen molar-refractivity contribution in [1.82, 2.24) is 0 Å². The lowest BCUT2D eigenvalue weighted by atomic mass is 10.0. The van der Waals surface area contributed by atoms with Crippen LogP contribution < -0.4 is 17.7 Å². The molecule has 0 atom stereocenters. The molecule has 0 amide bonds. The van der Waals surface area contributed by atoms with Crippen molar-refractivity contribution in [1.29, 1.82) is 0 Å². The van der Waals surface area contributed by atoms with Crippen molar-refractivity contribution in [2.24, 2.45) is 5.92 Å². The van der Waals surface area contributed by atoms with Gasteiger partial charge < -0.3 is 22.5 Å². The van der Waals surface area contributed by atoms with Crippen molar-refractivity contribution >= 4 is 5.97 Å². The zero-order valence-corrected chi connectivity index (χ0v) is 26.3. The first-order valence-electron chi connectivity index (χ1n) is 16.0. The monoisotopic (exact) mass is 533 g/mol. The summed E-state index contributed by atoms with van der Waals surface area (Å²) in [5.74, 6) is 0.896. The number of nitrogens with two attached hydrogens (primary N) is 1. The Morgan fingerprint density at radius 1 is 0.583 bits per heavy atom. The third-order valence-corrected chi connectivity index (χ3v) is 6.67. The molecule has 0 aromatic rings. The first kappa shape index (κ1) is 40.2. The van der Waals surface area contributed by atoms with Gasteiger partial charge in [-0.3, -0.25) is 4.79 Å². The Bertz CT molecular complexity index is 390. The summed E-state index contributed by atoms with van der Waals surface area (Å²) >= 11 is 0. The highest BCUT2D eigenvalue weighted by Crippen LogP contribution is 2.15. The van der Waals surface area contributed by atoms with Crippen molar-refractivity contribution in [3.63, 3.8) is 0 Å². The second-order valence-corrected chi connectivity index (χ2v) is 11.2. The van der Waals surface area contributed by atoms with Gasteiger partial charge in [0, 0.05) is 6.42 Å². The van der Waals surface area contributed by atoms with Gasteiger partial charge in [0.15, 0.2) is 0 Å². The average molecular weight is 534 g/mol. The van der Waals surface area contributed by atoms with E-state index in [0.717, 1.165) is 18.8 Å². The van der Waals surface area contributed by atoms with Crippen molar-refractivity contribution in [3.05, 3.63) is 0 Å². The zero-order chi connectivity index (χ0) is 26.2. The molecule has 0 aliphatic heterocycles. The standard InChI is InChI=1S/C30H60O2.C2H7N.ClH/c1-4-5-6-7-8-14-18-21-24-27-30(31)32-28-25-22-19-16-13-11-9-10-12-15-17-20-23-26-29(2)3;1-3-2;/h29H,4-28H2,1-3H3;3H,1-2H3;1H. The van der Waals surface area contributed by atoms with E-state index in [4.69, 9.17) is 4.74 Å². The quantitative estimate of drug-likeness (QED) is 0.103. The van der Waals surface area contributed by atoms with E-state index in [1.807, 2.05) is 19.4 Å². The van der Waals surface area contributed by atoms with Crippen molar-refractivity contribution in [2.45, 2.75) is 175 Å². The topological polar surface area (TPSA) is 42.9 Å². The summed E-state index contributed by atoms with van der Waals surface area (Å²) in [7, 11) is 4.00. The lowest BCUT2D eigenvalue weighted by Crippen LogP contribution is -3.00. The van der Waals surface area contributed by atoms with Crippen LogP contribution in [-0.2, 0) is 9.53 Å². The van der Waals surface area contributed by atoms with Gasteiger partial charge in [0.05, 0.1) is 20.7 Å². The highest BCUT2D eigenvalue weighted by Gasteiger charge is 2.02. The summed E-state index contributed by atoms with van der Waals surface area (Å²) < 4.78 is 5.39. The van der Waals surface area contributed by atoms with Crippen LogP contribution in [0.2, 0.25) is 0 Å². The maximum Gasteiger partial charge on any atom is 0.305 e. The molecule has 3 nitrogen and oxygen atoms in total. The molecule has 0 heterocycles. The molecular formula is C32H68ClNO2. The van der Waals surface area contributed by atoms with Gasteiger partial charge in [0.25, 0.3) is 0 Å². The first-order valence-corrected chi connectivity index (χ1v) is 16.0. The first-order chi connectivity index (χ1) is 17.1. The normalized spacial score (nSPS) is 10.6. The number of unbranched alkanes of at least 4 members (excludes halogenated alkanes) is 20. The molecule has 0 rings (SSSR count). The smallest absolute Gasteiger partial charge is 0.305 e. The summed E-state index contributed by atoms with van der Waals surface area (Å²) in [4.78, 5) is 11.8. The number of rotatable bonds is 26. The summed E-state index contributed by atoms with van der Waals surface area (Å²) in [5.41, 5.74) is 0. The Balaban J connectivity index is -0.00000258. The average Bonchev–Trinajstić information content (AvgIpc) is 2.83. The molecule has 4 heteroatoms. The number of carbonyl (C=O) groups excluding carboxylic acids is 1. The molecular weight excluding hydrogens is 466 g/mol. The Kier molecular flexibility index (Phi) is 41.2. The fraction of sp³-hybridized carbons (Fsp3) is 0.969. The minimum absolute atomic E-state index is 0. The molecule has 0 saturated carbocycles. The molecule has 0 spiro atoms. The lowest BCUT2D eigenvalue weighted by Gasteiger charge is -2.06. The molecule has 2 N–H and O–H groups in total. The predicted octanol–water partition coefficient (Wildman–Crippen LogP) is 6.38. The van der Waals surface area contributed by atoms with Crippen LogP contribution in [-0.4, -0.2) is 26.7 Å². The SMILES string of the molecule is CCCCCCCCCCCC(=O)OCCCCCCCCCCCCCCCC(C)C.C[NH2+]C.[Cl-]. The van der Waals surface area contributed by atoms with Crippen LogP contribution in [0, 0.1) is 5.92 Å². The number of carbonyl (C=O) groups is 1. The molecule has 0 unspecified atom stereocenters. The Morgan fingerprint density at radius 3 is 1.31 bits per heavy atom. The maximum atomic E-state index is 11.8. The van der Waals surface area contributed by atoms with Gasteiger partial charge in [0.1, 0.15) is 0 Å². The fourth-order valence-corrected chi connectivity index (χ4v) is 4.44. The van der Waals surface area contributed by atoms with Crippen LogP contribution in [0.15, 0.2) is 0 Å². The molecule has 0 aliphatic carbocycles. The summed E-state index contributed by atoms with van der Waals surface area (Å²) in [5, 5.41) is 2.00. The van der Waals surface area contributed by atoms with E-state index in [9.17, 15) is 4.79 Å². The van der Waals surface area contributed by atoms with Crippen molar-refractivity contribution in [2.75, 3.05) is 20.7 Å². The van der Waals surface area contributed by atoms with E-state index in [2.05, 4.69) is 20.8 Å². The van der Waals surface area contributed by atoms with Gasteiger partial charge >= 0.3 is 5.97 Å². The molecule has 0 aliphatic rings. The number of ether oxygens (including phenoxy) is 1. The second kappa shape index (κ2) is 36.9. The fourth-order valence-electron chi connectivity index (χ4n) is 4.44. The van der Waals surface area contributed by atoms with E-state index in [1.54, 1.807) is 0 Å². The zero-order valence-electron chi connectivity index (χ0n) is 25.5. The van der Waals surface area contributed by atoms with E-state index < -0.39 is 0 Å². The van der Waals surface area contributed by atoms with Gasteiger partial charge in [-0.05, 0) is 18.8 Å². The van der Waals surface area contributed by atoms with Gasteiger partial charge in [-0.1, -0.05) is 156 Å². The van der Waals surface area contributed by atoms with Crippen molar-refractivity contribution < 1.29 is 27.3 Å². The van der Waals surface area contributed by atoms with Gasteiger partial charge in [-0.2, -0.15) is 0 Å². The van der Waals surface area contributed by atoms with E-state index in [-0.39, 0.29) is 18.4 Å². The van der Waals surface area contributed by atoms with Gasteiger partial charge in [0.2, 0.25) is 0 Å². The van der Waals surface area contributed by atoms with Crippen LogP contribution >= 0.6 is 0 Å². The van der Waals surface area contributed by atoms with Gasteiger partial charge in [-0.15, -0.1) is 0 Å². The number of hydrogen-bond acceptors (Lipinski definition) is 2. The molecule has 0 aromatic heterocycles. The molecule has 220 valence electrons. The third-order valence-electron chi connectivity index (χ3n) is 6.67. The van der Waals surface area contributed by atoms with E-state index in [0.29, 0.717) is 13.0 Å². The molecule has 36 heavy (non-hydrogen) atoms. The lowest BCUT2D eigenvalue weighted by molar-refractivity contribution is -0.597. The second-order valence-electron chi connectivity index (χ2n) is 11.2. The minimum Gasteiger partial charge on any atom is -1.00 e. The van der Waals surface area contributed by atoms with Crippen LogP contribution in [0.5, 0.6) is 0 Å². The summed E-state index contributed by atoms with van der Waals surface area (Å²) in [6.07, 6.45) is 31.4. The molecule has 0 bridgehead atoms. The largest absolute Gasteiger partial charge is 1.00 e.